The maximum absolute atomic E-state index is 10.8. The quantitative estimate of drug-likeness (QED) is 0.472. The van der Waals surface area contributed by atoms with E-state index in [0.717, 1.165) is 12.1 Å². The molecule has 8 heteroatoms. The van der Waals surface area contributed by atoms with E-state index >= 15 is 0 Å². The average molecular weight is 248 g/mol. The van der Waals surface area contributed by atoms with Gasteiger partial charge in [-0.05, 0) is 11.5 Å². The van der Waals surface area contributed by atoms with Gasteiger partial charge in [0.05, 0.1) is 21.2 Å². The molecule has 0 fully saturated rings. The molecule has 0 bridgehead atoms. The summed E-state index contributed by atoms with van der Waals surface area (Å²) >= 11 is 0. The number of nitrogen functional groups attached to an aromatic ring is 2. The van der Waals surface area contributed by atoms with Crippen molar-refractivity contribution >= 4 is 33.5 Å². The number of fused-ring (bicyclic) bond motifs is 1. The first kappa shape index (κ1) is 11.6. The van der Waals surface area contributed by atoms with Gasteiger partial charge in [-0.15, -0.1) is 0 Å². The maximum Gasteiger partial charge on any atom is 0.346 e. The molecule has 0 unspecified atom stereocenters. The molecule has 0 saturated carbocycles. The summed E-state index contributed by atoms with van der Waals surface area (Å²) in [4.78, 5) is 19.9. The Kier molecular flexibility index (Phi) is 2.47. The topological polar surface area (TPSA) is 138 Å². The highest BCUT2D eigenvalue weighted by atomic mass is 16.6. The van der Waals surface area contributed by atoms with Crippen molar-refractivity contribution in [2.75, 3.05) is 11.5 Å². The summed E-state index contributed by atoms with van der Waals surface area (Å²) < 4.78 is 0. The summed E-state index contributed by atoms with van der Waals surface area (Å²) in [6, 6.07) is 5.20. The van der Waals surface area contributed by atoms with Crippen LogP contribution in [0.1, 0.15) is 0 Å². The van der Waals surface area contributed by atoms with Crippen molar-refractivity contribution in [1.29, 1.82) is 0 Å². The minimum atomic E-state index is -0.819. The van der Waals surface area contributed by atoms with Crippen LogP contribution in [0.2, 0.25) is 0 Å². The molecule has 0 atom stereocenters. The van der Waals surface area contributed by atoms with Gasteiger partial charge in [0, 0.05) is 17.5 Å². The van der Waals surface area contributed by atoms with E-state index in [2.05, 4.69) is 0 Å². The normalized spacial score (nSPS) is 10.4. The first-order chi connectivity index (χ1) is 8.41. The van der Waals surface area contributed by atoms with E-state index < -0.39 is 21.2 Å². The number of nitro benzene ring substituents is 2. The van der Waals surface area contributed by atoms with Crippen LogP contribution in [0.15, 0.2) is 24.3 Å². The van der Waals surface area contributed by atoms with Gasteiger partial charge in [0.25, 0.3) is 0 Å². The Morgan fingerprint density at radius 2 is 1.50 bits per heavy atom. The molecule has 4 N–H and O–H groups in total. The zero-order valence-corrected chi connectivity index (χ0v) is 8.99. The van der Waals surface area contributed by atoms with Crippen LogP contribution >= 0.6 is 0 Å². The fourth-order valence-corrected chi connectivity index (χ4v) is 1.68. The lowest BCUT2D eigenvalue weighted by Gasteiger charge is -2.05. The van der Waals surface area contributed by atoms with E-state index in [1.165, 1.54) is 12.1 Å². The lowest BCUT2D eigenvalue weighted by molar-refractivity contribution is -0.422. The molecule has 0 aromatic heterocycles. The summed E-state index contributed by atoms with van der Waals surface area (Å²) in [5.41, 5.74) is 10.5. The van der Waals surface area contributed by atoms with Crippen LogP contribution in [-0.4, -0.2) is 9.85 Å². The Hall–Kier alpha value is -2.90. The van der Waals surface area contributed by atoms with Gasteiger partial charge in [-0.25, -0.2) is 0 Å². The summed E-state index contributed by atoms with van der Waals surface area (Å²) in [5.74, 6) is 0. The monoisotopic (exact) mass is 248 g/mol. The number of nitrogens with zero attached hydrogens (tertiary/aromatic N) is 2. The Balaban J connectivity index is 2.89. The van der Waals surface area contributed by atoms with Crippen molar-refractivity contribution in [2.24, 2.45) is 0 Å². The van der Waals surface area contributed by atoms with Crippen LogP contribution in [0, 0.1) is 20.2 Å². The molecule has 2 aromatic carbocycles. The van der Waals surface area contributed by atoms with Crippen molar-refractivity contribution < 1.29 is 9.85 Å². The Morgan fingerprint density at radius 3 is 2.06 bits per heavy atom. The number of hydrogen-bond donors (Lipinski definition) is 2. The summed E-state index contributed by atoms with van der Waals surface area (Å²) in [5, 5.41) is 22.3. The first-order valence-electron chi connectivity index (χ1n) is 4.82. The maximum atomic E-state index is 10.8. The van der Waals surface area contributed by atoms with Crippen molar-refractivity contribution in [1.82, 2.24) is 0 Å². The second-order valence-corrected chi connectivity index (χ2v) is 3.64. The number of hydrogen-bond acceptors (Lipinski definition) is 6. The third-order valence-electron chi connectivity index (χ3n) is 2.58. The molecule has 0 aliphatic rings. The Labute approximate surface area is 100 Å². The molecule has 0 aliphatic carbocycles. The van der Waals surface area contributed by atoms with Crippen LogP contribution < -0.4 is 11.5 Å². The van der Waals surface area contributed by atoms with Crippen molar-refractivity contribution in [3.63, 3.8) is 0 Å². The number of nitrogens with two attached hydrogens (primary N) is 2. The molecule has 0 heterocycles. The Bertz CT molecular complexity index is 683. The molecule has 0 amide bonds. The number of anilines is 2. The third-order valence-corrected chi connectivity index (χ3v) is 2.58. The molecule has 2 rings (SSSR count). The lowest BCUT2D eigenvalue weighted by atomic mass is 10.1. The molecule has 92 valence electrons. The van der Waals surface area contributed by atoms with Gasteiger partial charge in [0.15, 0.2) is 0 Å². The molecule has 0 aliphatic heterocycles. The number of rotatable bonds is 2. The standard InChI is InChI=1S/C10H8N4O4/c11-7-2-1-5-3-8(13(15)16)9(14(17)18)4-6(5)10(7)12/h1-4H,11-12H2. The lowest BCUT2D eigenvalue weighted by Crippen LogP contribution is -1.99. The van der Waals surface area contributed by atoms with E-state index in [1.54, 1.807) is 0 Å². The average Bonchev–Trinajstić information content (AvgIpc) is 2.32. The van der Waals surface area contributed by atoms with E-state index in [0.29, 0.717) is 10.8 Å². The predicted molar refractivity (Wildman–Crippen MR) is 66.1 cm³/mol. The fourth-order valence-electron chi connectivity index (χ4n) is 1.68. The van der Waals surface area contributed by atoms with Gasteiger partial charge in [-0.2, -0.15) is 0 Å². The second kappa shape index (κ2) is 3.84. The number of nitro groups is 2. The van der Waals surface area contributed by atoms with Crippen LogP contribution in [0.25, 0.3) is 10.8 Å². The van der Waals surface area contributed by atoms with E-state index in [-0.39, 0.29) is 11.4 Å². The highest BCUT2D eigenvalue weighted by molar-refractivity contribution is 6.01. The zero-order valence-electron chi connectivity index (χ0n) is 8.99. The van der Waals surface area contributed by atoms with Crippen molar-refractivity contribution in [2.45, 2.75) is 0 Å². The van der Waals surface area contributed by atoms with Gasteiger partial charge < -0.3 is 11.5 Å². The van der Waals surface area contributed by atoms with Crippen LogP contribution in [0.3, 0.4) is 0 Å². The minimum absolute atomic E-state index is 0.172. The molecule has 0 radical (unpaired) electrons. The molecule has 18 heavy (non-hydrogen) atoms. The van der Waals surface area contributed by atoms with Gasteiger partial charge in [0.1, 0.15) is 0 Å². The molecular weight excluding hydrogens is 240 g/mol. The molecule has 0 spiro atoms. The van der Waals surface area contributed by atoms with E-state index in [9.17, 15) is 20.2 Å². The summed E-state index contributed by atoms with van der Waals surface area (Å²) in [6.07, 6.45) is 0. The molecule has 8 nitrogen and oxygen atoms in total. The third kappa shape index (κ3) is 1.65. The van der Waals surface area contributed by atoms with Crippen molar-refractivity contribution in [3.8, 4) is 0 Å². The van der Waals surface area contributed by atoms with Crippen LogP contribution in [-0.2, 0) is 0 Å². The summed E-state index contributed by atoms with van der Waals surface area (Å²) in [6.45, 7) is 0. The zero-order chi connectivity index (χ0) is 13.4. The highest BCUT2D eigenvalue weighted by Gasteiger charge is 2.25. The van der Waals surface area contributed by atoms with E-state index in [1.807, 2.05) is 0 Å². The van der Waals surface area contributed by atoms with Crippen LogP contribution in [0.4, 0.5) is 22.7 Å². The molecule has 0 saturated heterocycles. The summed E-state index contributed by atoms with van der Waals surface area (Å²) in [7, 11) is 0. The van der Waals surface area contributed by atoms with Gasteiger partial charge in [0.2, 0.25) is 0 Å². The van der Waals surface area contributed by atoms with Crippen molar-refractivity contribution in [3.05, 3.63) is 44.5 Å². The van der Waals surface area contributed by atoms with Gasteiger partial charge >= 0.3 is 11.4 Å². The van der Waals surface area contributed by atoms with E-state index in [4.69, 9.17) is 11.5 Å². The first-order valence-corrected chi connectivity index (χ1v) is 4.82. The Morgan fingerprint density at radius 1 is 0.944 bits per heavy atom. The van der Waals surface area contributed by atoms with Gasteiger partial charge in [-0.1, -0.05) is 6.07 Å². The molecule has 2 aromatic rings. The fraction of sp³-hybridized carbons (Fsp3) is 0. The van der Waals surface area contributed by atoms with Gasteiger partial charge in [-0.3, -0.25) is 20.2 Å². The molecular formula is C10H8N4O4. The second-order valence-electron chi connectivity index (χ2n) is 3.64. The largest absolute Gasteiger partial charge is 0.397 e. The van der Waals surface area contributed by atoms with Crippen LogP contribution in [0.5, 0.6) is 0 Å². The smallest absolute Gasteiger partial charge is 0.346 e. The minimum Gasteiger partial charge on any atom is -0.397 e. The predicted octanol–water partition coefficient (Wildman–Crippen LogP) is 1.82. The highest BCUT2D eigenvalue weighted by Crippen LogP contribution is 2.36. The SMILES string of the molecule is Nc1ccc2cc([N+](=O)[O-])c([N+](=O)[O-])cc2c1N. The number of benzene rings is 2.